The van der Waals surface area contributed by atoms with Gasteiger partial charge in [0.25, 0.3) is 11.8 Å². The van der Waals surface area contributed by atoms with Crippen molar-refractivity contribution in [3.63, 3.8) is 0 Å². The van der Waals surface area contributed by atoms with Crippen molar-refractivity contribution in [3.05, 3.63) is 76.3 Å². The van der Waals surface area contributed by atoms with Gasteiger partial charge in [0.05, 0.1) is 18.3 Å². The van der Waals surface area contributed by atoms with Gasteiger partial charge in [0.15, 0.2) is 5.82 Å². The van der Waals surface area contributed by atoms with E-state index >= 15 is 0 Å². The van der Waals surface area contributed by atoms with Gasteiger partial charge in [-0.1, -0.05) is 0 Å². The molecule has 0 radical (unpaired) electrons. The van der Waals surface area contributed by atoms with Crippen LogP contribution in [-0.2, 0) is 6.54 Å². The molecule has 3 saturated carbocycles. The molecular weight excluding hydrogens is 608 g/mol. The number of imidazole rings is 1. The van der Waals surface area contributed by atoms with Gasteiger partial charge in [-0.25, -0.2) is 9.97 Å². The number of ether oxygens (including phenoxy) is 1. The number of carbonyl (C=O) groups excluding carboxylic acids is 2. The molecule has 1 aromatic carbocycles. The van der Waals surface area contributed by atoms with Crippen LogP contribution in [0.1, 0.15) is 65.3 Å². The molecule has 12 heteroatoms. The van der Waals surface area contributed by atoms with Crippen molar-refractivity contribution in [2.45, 2.75) is 69.2 Å². The Morgan fingerprint density at radius 1 is 1.08 bits per heavy atom. The van der Waals surface area contributed by atoms with E-state index in [2.05, 4.69) is 31.6 Å². The largest absolute Gasteiger partial charge is 0.494 e. The van der Waals surface area contributed by atoms with E-state index < -0.39 is 0 Å². The first-order valence-electron chi connectivity index (χ1n) is 17.0. The molecule has 3 atom stereocenters. The van der Waals surface area contributed by atoms with Gasteiger partial charge in [-0.3, -0.25) is 14.4 Å². The first-order valence-corrected chi connectivity index (χ1v) is 17.0. The van der Waals surface area contributed by atoms with E-state index in [1.165, 1.54) is 25.1 Å². The number of hydrogen-bond acceptors (Lipinski definition) is 7. The molecule has 2 bridgehead atoms. The Labute approximate surface area is 276 Å². The van der Waals surface area contributed by atoms with Crippen LogP contribution in [0.4, 0.5) is 0 Å². The zero-order valence-corrected chi connectivity index (χ0v) is 26.8. The molecule has 3 aliphatic carbocycles. The fraction of sp³-hybridized carbons (Fsp3) is 0.417. The summed E-state index contributed by atoms with van der Waals surface area (Å²) in [5.74, 6) is 2.03. The van der Waals surface area contributed by atoms with Gasteiger partial charge in [0.2, 0.25) is 5.56 Å². The second-order valence-corrected chi connectivity index (χ2v) is 14.0. The summed E-state index contributed by atoms with van der Waals surface area (Å²) in [6.45, 7) is 1.54. The van der Waals surface area contributed by atoms with Crippen LogP contribution in [0.25, 0.3) is 33.6 Å². The fourth-order valence-electron chi connectivity index (χ4n) is 8.24. The maximum Gasteiger partial charge on any atom is 0.254 e. The number of nitrogens with zero attached hydrogens (tertiary/aromatic N) is 5. The molecule has 4 aliphatic rings. The second-order valence-electron chi connectivity index (χ2n) is 14.0. The molecule has 5 heterocycles. The molecule has 12 nitrogen and oxygen atoms in total. The van der Waals surface area contributed by atoms with E-state index in [1.807, 2.05) is 29.3 Å². The Hall–Kier alpha value is -4.97. The van der Waals surface area contributed by atoms with Crippen LogP contribution in [0.15, 0.2) is 59.7 Å². The third kappa shape index (κ3) is 4.72. The summed E-state index contributed by atoms with van der Waals surface area (Å²) in [6.07, 6.45) is 9.06. The van der Waals surface area contributed by atoms with Crippen molar-refractivity contribution >= 4 is 33.9 Å². The summed E-state index contributed by atoms with van der Waals surface area (Å²) in [5, 5.41) is 4.14. The number of nitrogens with one attached hydrogen (secondary N) is 2. The van der Waals surface area contributed by atoms with Crippen LogP contribution < -0.4 is 21.3 Å². The highest BCUT2D eigenvalue weighted by Crippen LogP contribution is 2.44. The number of hydrogen-bond donors (Lipinski definition) is 3. The second kappa shape index (κ2) is 11.0. The van der Waals surface area contributed by atoms with Crippen molar-refractivity contribution in [2.75, 3.05) is 13.7 Å². The predicted molar refractivity (Wildman–Crippen MR) is 180 cm³/mol. The SMILES string of the molecule is COc1cc(C(=O)N2C[C@H]3CC[C@@H]2[C@@H]3N)cc2nc(-c3cc4cccnc4n3CC3CC3)n(C3CC(NC(=O)c4cc[nH]c(=O)c4)C3)c12. The minimum Gasteiger partial charge on any atom is -0.494 e. The molecule has 5 aromatic rings. The molecule has 0 unspecified atom stereocenters. The van der Waals surface area contributed by atoms with Gasteiger partial charge in [0.1, 0.15) is 16.9 Å². The molecule has 4 aromatic heterocycles. The van der Waals surface area contributed by atoms with Crippen molar-refractivity contribution in [3.8, 4) is 17.3 Å². The number of aromatic nitrogens is 5. The highest BCUT2D eigenvalue weighted by molar-refractivity contribution is 6.00. The first kappa shape index (κ1) is 29.2. The molecule has 2 amide bonds. The third-order valence-corrected chi connectivity index (χ3v) is 11.0. The number of benzene rings is 1. The number of nitrogens with two attached hydrogens (primary N) is 1. The van der Waals surface area contributed by atoms with Crippen molar-refractivity contribution in [2.24, 2.45) is 17.6 Å². The van der Waals surface area contributed by atoms with Crippen LogP contribution >= 0.6 is 0 Å². The monoisotopic (exact) mass is 646 g/mol. The summed E-state index contributed by atoms with van der Waals surface area (Å²) in [4.78, 5) is 53.2. The third-order valence-electron chi connectivity index (χ3n) is 11.0. The van der Waals surface area contributed by atoms with E-state index in [-0.39, 0.29) is 41.5 Å². The van der Waals surface area contributed by atoms with Crippen LogP contribution in [0.3, 0.4) is 0 Å². The number of fused-ring (bicyclic) bond motifs is 4. The van der Waals surface area contributed by atoms with Gasteiger partial charge in [-0.05, 0) is 86.8 Å². The molecule has 48 heavy (non-hydrogen) atoms. The summed E-state index contributed by atoms with van der Waals surface area (Å²) in [5.41, 5.74) is 10.4. The zero-order chi connectivity index (χ0) is 32.7. The summed E-state index contributed by atoms with van der Waals surface area (Å²) in [6, 6.07) is 12.9. The summed E-state index contributed by atoms with van der Waals surface area (Å²) in [7, 11) is 1.63. The molecule has 246 valence electrons. The Bertz CT molecular complexity index is 2160. The Morgan fingerprint density at radius 2 is 1.94 bits per heavy atom. The molecular formula is C36H38N8O4. The number of pyridine rings is 2. The van der Waals surface area contributed by atoms with E-state index in [1.54, 1.807) is 13.2 Å². The Balaban J connectivity index is 1.13. The van der Waals surface area contributed by atoms with Crippen LogP contribution in [0.2, 0.25) is 0 Å². The van der Waals surface area contributed by atoms with Crippen molar-refractivity contribution in [1.29, 1.82) is 0 Å². The highest BCUT2D eigenvalue weighted by atomic mass is 16.5. The number of piperidine rings is 1. The topological polar surface area (TPSA) is 153 Å². The van der Waals surface area contributed by atoms with Crippen molar-refractivity contribution < 1.29 is 14.3 Å². The Kier molecular flexibility index (Phi) is 6.72. The minimum atomic E-state index is -0.315. The van der Waals surface area contributed by atoms with E-state index in [9.17, 15) is 14.4 Å². The standard InChI is InChI=1S/C36H38N8O4/c1-48-29-13-23(36(47)43-18-22-6-7-27(43)31(22)37)11-26-32(29)44(25-15-24(16-25)40-35(46)21-8-10-38-30(45)14-21)34(41-26)28-12-20-3-2-9-39-33(20)42(28)17-19-4-5-19/h2-3,8-14,19,22,24-25,27,31H,4-7,15-18,37H2,1H3,(H,38,45)(H,40,46)/t22-,24?,25?,27-,31-/m1/s1. The zero-order valence-electron chi connectivity index (χ0n) is 26.8. The van der Waals surface area contributed by atoms with Gasteiger partial charge in [0, 0.05) is 72.2 Å². The van der Waals surface area contributed by atoms with Crippen LogP contribution in [0, 0.1) is 11.8 Å². The van der Waals surface area contributed by atoms with Gasteiger partial charge >= 0.3 is 0 Å². The van der Waals surface area contributed by atoms with E-state index in [0.29, 0.717) is 53.6 Å². The lowest BCUT2D eigenvalue weighted by atomic mass is 9.86. The predicted octanol–water partition coefficient (Wildman–Crippen LogP) is 3.86. The highest BCUT2D eigenvalue weighted by Gasteiger charge is 2.47. The summed E-state index contributed by atoms with van der Waals surface area (Å²) >= 11 is 0. The average molecular weight is 647 g/mol. The lowest BCUT2D eigenvalue weighted by molar-refractivity contribution is 0.0700. The lowest BCUT2D eigenvalue weighted by Gasteiger charge is -2.38. The normalized spacial score (nSPS) is 24.7. The molecule has 4 N–H and O–H groups in total. The molecule has 1 saturated heterocycles. The summed E-state index contributed by atoms with van der Waals surface area (Å²) < 4.78 is 10.5. The number of H-pyrrole nitrogens is 1. The fourth-order valence-corrected chi connectivity index (χ4v) is 8.24. The van der Waals surface area contributed by atoms with Crippen LogP contribution in [-0.4, -0.2) is 72.6 Å². The number of methoxy groups -OCH3 is 1. The molecule has 1 aliphatic heterocycles. The van der Waals surface area contributed by atoms with Crippen LogP contribution in [0.5, 0.6) is 5.75 Å². The quantitative estimate of drug-likeness (QED) is 0.232. The van der Waals surface area contributed by atoms with E-state index in [4.69, 9.17) is 20.4 Å². The minimum absolute atomic E-state index is 0.0117. The number of rotatable bonds is 8. The lowest BCUT2D eigenvalue weighted by Crippen LogP contribution is -2.45. The van der Waals surface area contributed by atoms with Gasteiger partial charge in [-0.15, -0.1) is 0 Å². The number of likely N-dealkylation sites (tertiary alicyclic amines) is 1. The smallest absolute Gasteiger partial charge is 0.254 e. The van der Waals surface area contributed by atoms with Gasteiger partial charge < -0.3 is 34.8 Å². The Morgan fingerprint density at radius 3 is 2.67 bits per heavy atom. The number of aromatic amines is 1. The molecule has 4 fully saturated rings. The van der Waals surface area contributed by atoms with Gasteiger partial charge in [-0.2, -0.15) is 0 Å². The molecule has 0 spiro atoms. The van der Waals surface area contributed by atoms with E-state index in [0.717, 1.165) is 47.5 Å². The number of carbonyl (C=O) groups is 2. The number of amides is 2. The average Bonchev–Trinajstić information content (AvgIpc) is 3.42. The van der Waals surface area contributed by atoms with Crippen molar-refractivity contribution in [1.82, 2.24) is 34.3 Å². The maximum atomic E-state index is 13.9. The molecule has 9 rings (SSSR count). The first-order chi connectivity index (χ1) is 23.4. The maximum absolute atomic E-state index is 13.9.